The van der Waals surface area contributed by atoms with Gasteiger partial charge in [0.1, 0.15) is 6.54 Å². The number of hydrogen-bond donors (Lipinski definition) is 0. The summed E-state index contributed by atoms with van der Waals surface area (Å²) in [6.45, 7) is 7.39. The van der Waals surface area contributed by atoms with Crippen LogP contribution in [0, 0.1) is 5.92 Å². The molecule has 1 atom stereocenters. The molecule has 0 fully saturated rings. The van der Waals surface area contributed by atoms with Crippen LogP contribution in [0.3, 0.4) is 0 Å². The maximum Gasteiger partial charge on any atom is 0.168 e. The Hall–Kier alpha value is -0.380. The van der Waals surface area contributed by atoms with Crippen molar-refractivity contribution in [2.45, 2.75) is 71.3 Å². The number of nitrogens with zero attached hydrogens (tertiary/aromatic N) is 1. The van der Waals surface area contributed by atoms with Gasteiger partial charge in [0.05, 0.1) is 0 Å². The molecule has 0 aliphatic rings. The van der Waals surface area contributed by atoms with Crippen molar-refractivity contribution in [3.63, 3.8) is 0 Å². The summed E-state index contributed by atoms with van der Waals surface area (Å²) in [5.41, 5.74) is 0. The molecule has 120 valence electrons. The Morgan fingerprint density at radius 1 is 0.905 bits per heavy atom. The molecular formula is C19H32IN. The molecule has 0 aliphatic heterocycles. The molecule has 1 aromatic rings. The molecule has 1 heterocycles. The highest BCUT2D eigenvalue weighted by atomic mass is 127. The maximum absolute atomic E-state index is 4.00. The molecule has 0 radical (unpaired) electrons. The number of allylic oxidation sites excluding steroid dienone is 1. The van der Waals surface area contributed by atoms with Crippen LogP contribution in [0.5, 0.6) is 0 Å². The van der Waals surface area contributed by atoms with E-state index in [4.69, 9.17) is 0 Å². The maximum atomic E-state index is 4.00. The Labute approximate surface area is 148 Å². The molecular weight excluding hydrogens is 369 g/mol. The minimum atomic E-state index is 0. The molecule has 1 rings (SSSR count). The molecule has 0 saturated carbocycles. The Balaban J connectivity index is 0.00000400. The lowest BCUT2D eigenvalue weighted by Crippen LogP contribution is -3.00. The minimum absolute atomic E-state index is 0. The third-order valence-corrected chi connectivity index (χ3v) is 4.05. The fourth-order valence-electron chi connectivity index (χ4n) is 2.64. The summed E-state index contributed by atoms with van der Waals surface area (Å²) in [5, 5.41) is 0. The van der Waals surface area contributed by atoms with Crippen LogP contribution in [0.15, 0.2) is 43.2 Å². The van der Waals surface area contributed by atoms with Crippen LogP contribution < -0.4 is 28.5 Å². The van der Waals surface area contributed by atoms with E-state index in [1.807, 2.05) is 0 Å². The van der Waals surface area contributed by atoms with Crippen molar-refractivity contribution in [2.24, 2.45) is 5.92 Å². The van der Waals surface area contributed by atoms with Crippen molar-refractivity contribution < 1.29 is 28.5 Å². The van der Waals surface area contributed by atoms with Gasteiger partial charge in [0.2, 0.25) is 0 Å². The first kappa shape index (κ1) is 20.6. The molecule has 0 aliphatic carbocycles. The Kier molecular flexibility index (Phi) is 14.3. The van der Waals surface area contributed by atoms with Gasteiger partial charge >= 0.3 is 0 Å². The number of rotatable bonds is 12. The van der Waals surface area contributed by atoms with Gasteiger partial charge in [-0.1, -0.05) is 64.0 Å². The number of pyridine rings is 1. The zero-order valence-corrected chi connectivity index (χ0v) is 15.8. The molecule has 21 heavy (non-hydrogen) atoms. The van der Waals surface area contributed by atoms with Crippen LogP contribution in [-0.2, 0) is 6.54 Å². The highest BCUT2D eigenvalue weighted by Gasteiger charge is 2.07. The van der Waals surface area contributed by atoms with Gasteiger partial charge in [-0.2, -0.15) is 0 Å². The van der Waals surface area contributed by atoms with Crippen molar-refractivity contribution >= 4 is 0 Å². The zero-order valence-electron chi connectivity index (χ0n) is 13.6. The Morgan fingerprint density at radius 3 is 2.14 bits per heavy atom. The van der Waals surface area contributed by atoms with E-state index in [0.29, 0.717) is 5.92 Å². The summed E-state index contributed by atoms with van der Waals surface area (Å²) in [6.07, 6.45) is 18.7. The minimum Gasteiger partial charge on any atom is -1.00 e. The molecule has 1 nitrogen and oxygen atoms in total. The first-order chi connectivity index (χ1) is 9.86. The SMILES string of the molecule is C=CC(CCCCCCCCC)CC[n+]1ccccc1.[I-]. The largest absolute Gasteiger partial charge is 1.00 e. The van der Waals surface area contributed by atoms with Crippen molar-refractivity contribution in [3.05, 3.63) is 43.2 Å². The lowest BCUT2D eigenvalue weighted by Gasteiger charge is -2.10. The van der Waals surface area contributed by atoms with E-state index in [1.54, 1.807) is 0 Å². The van der Waals surface area contributed by atoms with Crippen LogP contribution in [0.2, 0.25) is 0 Å². The highest BCUT2D eigenvalue weighted by molar-refractivity contribution is 4.84. The number of aromatic nitrogens is 1. The first-order valence-electron chi connectivity index (χ1n) is 8.43. The Morgan fingerprint density at radius 2 is 1.52 bits per heavy atom. The number of hydrogen-bond acceptors (Lipinski definition) is 0. The molecule has 0 saturated heterocycles. The van der Waals surface area contributed by atoms with Gasteiger partial charge in [0.25, 0.3) is 0 Å². The van der Waals surface area contributed by atoms with E-state index < -0.39 is 0 Å². The van der Waals surface area contributed by atoms with E-state index in [2.05, 4.69) is 54.7 Å². The monoisotopic (exact) mass is 401 g/mol. The topological polar surface area (TPSA) is 3.88 Å². The summed E-state index contributed by atoms with van der Waals surface area (Å²) in [6, 6.07) is 6.26. The lowest BCUT2D eigenvalue weighted by molar-refractivity contribution is -0.698. The molecule has 1 aromatic heterocycles. The van der Waals surface area contributed by atoms with Crippen molar-refractivity contribution in [1.82, 2.24) is 0 Å². The van der Waals surface area contributed by atoms with Gasteiger partial charge in [-0.25, -0.2) is 4.57 Å². The summed E-state index contributed by atoms with van der Waals surface area (Å²) in [4.78, 5) is 0. The summed E-state index contributed by atoms with van der Waals surface area (Å²) in [5.74, 6) is 0.679. The van der Waals surface area contributed by atoms with Crippen LogP contribution >= 0.6 is 0 Å². The number of unbranched alkanes of at least 4 members (excludes halogenated alkanes) is 6. The predicted molar refractivity (Wildman–Crippen MR) is 87.6 cm³/mol. The molecule has 0 aromatic carbocycles. The third-order valence-electron chi connectivity index (χ3n) is 4.05. The Bertz CT molecular complexity index is 337. The summed E-state index contributed by atoms with van der Waals surface area (Å²) >= 11 is 0. The van der Waals surface area contributed by atoms with Gasteiger partial charge in [-0.3, -0.25) is 0 Å². The van der Waals surface area contributed by atoms with E-state index in [1.165, 1.54) is 57.8 Å². The van der Waals surface area contributed by atoms with Gasteiger partial charge in [-0.05, 0) is 12.3 Å². The lowest BCUT2D eigenvalue weighted by atomic mass is 9.97. The zero-order chi connectivity index (χ0) is 14.5. The van der Waals surface area contributed by atoms with Crippen molar-refractivity contribution in [3.8, 4) is 0 Å². The van der Waals surface area contributed by atoms with E-state index in [9.17, 15) is 0 Å². The number of halogens is 1. The van der Waals surface area contributed by atoms with Gasteiger partial charge < -0.3 is 24.0 Å². The molecule has 0 amide bonds. The standard InChI is InChI=1S/C19H32N.HI/c1-3-5-6-7-8-9-11-14-19(4-2)15-18-20-16-12-10-13-17-20;/h4,10,12-13,16-17,19H,2-3,5-9,11,14-15,18H2,1H3;1H/q+1;/p-1. The van der Waals surface area contributed by atoms with Crippen molar-refractivity contribution in [1.29, 1.82) is 0 Å². The second-order valence-electron chi connectivity index (χ2n) is 5.81. The van der Waals surface area contributed by atoms with Crippen molar-refractivity contribution in [2.75, 3.05) is 0 Å². The molecule has 0 spiro atoms. The smallest absolute Gasteiger partial charge is 0.168 e. The van der Waals surface area contributed by atoms with Gasteiger partial charge in [0.15, 0.2) is 12.4 Å². The normalized spacial score (nSPS) is 11.7. The quantitative estimate of drug-likeness (QED) is 0.219. The molecule has 0 bridgehead atoms. The molecule has 2 heteroatoms. The summed E-state index contributed by atoms with van der Waals surface area (Å²) < 4.78 is 2.27. The molecule has 1 unspecified atom stereocenters. The number of aryl methyl sites for hydroxylation is 1. The fourth-order valence-corrected chi connectivity index (χ4v) is 2.64. The second kappa shape index (κ2) is 14.6. The molecule has 0 N–H and O–H groups in total. The highest BCUT2D eigenvalue weighted by Crippen LogP contribution is 2.16. The van der Waals surface area contributed by atoms with Crippen LogP contribution in [0.1, 0.15) is 64.7 Å². The summed E-state index contributed by atoms with van der Waals surface area (Å²) in [7, 11) is 0. The van der Waals surface area contributed by atoms with Crippen LogP contribution in [0.4, 0.5) is 0 Å². The van der Waals surface area contributed by atoms with Gasteiger partial charge in [0, 0.05) is 18.6 Å². The predicted octanol–water partition coefficient (Wildman–Crippen LogP) is 2.31. The first-order valence-corrected chi connectivity index (χ1v) is 8.43. The van der Waals surface area contributed by atoms with E-state index in [0.717, 1.165) is 6.54 Å². The second-order valence-corrected chi connectivity index (χ2v) is 5.81. The van der Waals surface area contributed by atoms with Crippen LogP contribution in [0.25, 0.3) is 0 Å². The van der Waals surface area contributed by atoms with Gasteiger partial charge in [-0.15, -0.1) is 6.58 Å². The fraction of sp³-hybridized carbons (Fsp3) is 0.632. The average molecular weight is 401 g/mol. The van der Waals surface area contributed by atoms with E-state index >= 15 is 0 Å². The third kappa shape index (κ3) is 10.9. The van der Waals surface area contributed by atoms with Crippen LogP contribution in [-0.4, -0.2) is 0 Å². The van der Waals surface area contributed by atoms with E-state index in [-0.39, 0.29) is 24.0 Å². The average Bonchev–Trinajstić information content (AvgIpc) is 2.50.